The third-order valence-corrected chi connectivity index (χ3v) is 3.69. The van der Waals surface area contributed by atoms with E-state index < -0.39 is 0 Å². The zero-order valence-corrected chi connectivity index (χ0v) is 12.7. The monoisotopic (exact) mass is 306 g/mol. The number of nitrogens with one attached hydrogen (secondary N) is 2. The van der Waals surface area contributed by atoms with Crippen molar-refractivity contribution in [2.75, 3.05) is 6.54 Å². The van der Waals surface area contributed by atoms with Gasteiger partial charge in [0.2, 0.25) is 0 Å². The van der Waals surface area contributed by atoms with Crippen molar-refractivity contribution in [2.45, 2.75) is 31.8 Å². The molecule has 1 saturated heterocycles. The van der Waals surface area contributed by atoms with Crippen LogP contribution in [-0.2, 0) is 0 Å². The summed E-state index contributed by atoms with van der Waals surface area (Å²) >= 11 is 0. The molecule has 21 heavy (non-hydrogen) atoms. The van der Waals surface area contributed by atoms with Crippen molar-refractivity contribution in [1.29, 1.82) is 0 Å². The zero-order chi connectivity index (χ0) is 13.9. The molecule has 2 heterocycles. The molecule has 112 valence electrons. The van der Waals surface area contributed by atoms with Crippen LogP contribution >= 0.6 is 12.4 Å². The summed E-state index contributed by atoms with van der Waals surface area (Å²) in [6.45, 7) is 3.10. The fourth-order valence-electron chi connectivity index (χ4n) is 2.64. The van der Waals surface area contributed by atoms with Gasteiger partial charge in [-0.15, -0.1) is 12.4 Å². The third kappa shape index (κ3) is 3.68. The van der Waals surface area contributed by atoms with Gasteiger partial charge < -0.3 is 10.6 Å². The number of rotatable bonds is 2. The first-order valence-electron chi connectivity index (χ1n) is 6.97. The summed E-state index contributed by atoms with van der Waals surface area (Å²) in [4.78, 5) is 20.7. The molecule has 1 aliphatic rings. The first-order valence-corrected chi connectivity index (χ1v) is 6.97. The molecule has 0 spiro atoms. The SMILES string of the molecule is CC1CC(NC(=O)c2ccc3nccnc3c2)CCN1.Cl. The highest BCUT2D eigenvalue weighted by atomic mass is 35.5. The molecule has 1 aliphatic heterocycles. The number of aromatic nitrogens is 2. The summed E-state index contributed by atoms with van der Waals surface area (Å²) in [6.07, 6.45) is 5.24. The van der Waals surface area contributed by atoms with Gasteiger partial charge in [0.05, 0.1) is 11.0 Å². The molecule has 2 unspecified atom stereocenters. The molecule has 2 atom stereocenters. The standard InChI is InChI=1S/C15H18N4O.ClH/c1-10-8-12(4-5-16-10)19-15(20)11-2-3-13-14(9-11)18-7-6-17-13;/h2-3,6-7,9-10,12,16H,4-5,8H2,1H3,(H,19,20);1H. The zero-order valence-electron chi connectivity index (χ0n) is 11.9. The number of fused-ring (bicyclic) bond motifs is 1. The van der Waals surface area contributed by atoms with Crippen LogP contribution in [0.1, 0.15) is 30.1 Å². The number of halogens is 1. The molecule has 0 saturated carbocycles. The van der Waals surface area contributed by atoms with Crippen molar-refractivity contribution in [2.24, 2.45) is 0 Å². The van der Waals surface area contributed by atoms with Gasteiger partial charge in [-0.3, -0.25) is 14.8 Å². The molecule has 5 nitrogen and oxygen atoms in total. The lowest BCUT2D eigenvalue weighted by atomic mass is 10.00. The van der Waals surface area contributed by atoms with Crippen LogP contribution in [0.25, 0.3) is 11.0 Å². The highest BCUT2D eigenvalue weighted by Crippen LogP contribution is 2.13. The van der Waals surface area contributed by atoms with Gasteiger partial charge in [-0.2, -0.15) is 0 Å². The quantitative estimate of drug-likeness (QED) is 0.889. The van der Waals surface area contributed by atoms with E-state index >= 15 is 0 Å². The second-order valence-corrected chi connectivity index (χ2v) is 5.31. The Labute approximate surface area is 130 Å². The van der Waals surface area contributed by atoms with Crippen LogP contribution in [0, 0.1) is 0 Å². The lowest BCUT2D eigenvalue weighted by molar-refractivity contribution is 0.0926. The van der Waals surface area contributed by atoms with Crippen LogP contribution in [0.15, 0.2) is 30.6 Å². The molecule has 0 aliphatic carbocycles. The van der Waals surface area contributed by atoms with Gasteiger partial charge in [0.15, 0.2) is 0 Å². The van der Waals surface area contributed by atoms with E-state index in [2.05, 4.69) is 27.5 Å². The number of amides is 1. The van der Waals surface area contributed by atoms with Gasteiger partial charge in [0.25, 0.3) is 5.91 Å². The van der Waals surface area contributed by atoms with Gasteiger partial charge in [0, 0.05) is 30.0 Å². The van der Waals surface area contributed by atoms with Crippen LogP contribution < -0.4 is 10.6 Å². The summed E-state index contributed by atoms with van der Waals surface area (Å²) in [6, 6.07) is 6.13. The average Bonchev–Trinajstić information content (AvgIpc) is 2.47. The minimum atomic E-state index is -0.0309. The van der Waals surface area contributed by atoms with E-state index in [1.54, 1.807) is 24.5 Å². The maximum Gasteiger partial charge on any atom is 0.251 e. The lowest BCUT2D eigenvalue weighted by Crippen LogP contribution is -2.46. The number of nitrogens with zero attached hydrogens (tertiary/aromatic N) is 2. The largest absolute Gasteiger partial charge is 0.349 e. The van der Waals surface area contributed by atoms with E-state index in [9.17, 15) is 4.79 Å². The maximum absolute atomic E-state index is 12.3. The molecule has 2 aromatic rings. The van der Waals surface area contributed by atoms with Crippen molar-refractivity contribution in [3.8, 4) is 0 Å². The average molecular weight is 307 g/mol. The summed E-state index contributed by atoms with van der Waals surface area (Å²) in [5, 5.41) is 6.48. The molecule has 0 radical (unpaired) electrons. The molecule has 2 N–H and O–H groups in total. The molecule has 1 aromatic carbocycles. The summed E-state index contributed by atoms with van der Waals surface area (Å²) in [7, 11) is 0. The number of carbonyl (C=O) groups excluding carboxylic acids is 1. The Morgan fingerprint density at radius 1 is 1.29 bits per heavy atom. The fourth-order valence-corrected chi connectivity index (χ4v) is 2.64. The molecular weight excluding hydrogens is 288 g/mol. The van der Waals surface area contributed by atoms with Crippen LogP contribution in [-0.4, -0.2) is 34.5 Å². The van der Waals surface area contributed by atoms with Crippen molar-refractivity contribution < 1.29 is 4.79 Å². The summed E-state index contributed by atoms with van der Waals surface area (Å²) in [5.74, 6) is -0.0309. The lowest BCUT2D eigenvalue weighted by Gasteiger charge is -2.28. The van der Waals surface area contributed by atoms with E-state index in [0.717, 1.165) is 30.4 Å². The number of benzene rings is 1. The number of piperidine rings is 1. The Bertz CT molecular complexity index is 634. The molecule has 6 heteroatoms. The van der Waals surface area contributed by atoms with Gasteiger partial charge in [0.1, 0.15) is 0 Å². The number of hydrogen-bond donors (Lipinski definition) is 2. The second kappa shape index (κ2) is 6.83. The Hall–Kier alpha value is -1.72. The highest BCUT2D eigenvalue weighted by molar-refractivity contribution is 5.97. The van der Waals surface area contributed by atoms with E-state index in [-0.39, 0.29) is 24.4 Å². The Kier molecular flexibility index (Phi) is 5.09. The Balaban J connectivity index is 0.00000161. The molecule has 1 amide bonds. The summed E-state index contributed by atoms with van der Waals surface area (Å²) < 4.78 is 0. The van der Waals surface area contributed by atoms with E-state index in [1.165, 1.54) is 0 Å². The predicted molar refractivity (Wildman–Crippen MR) is 84.7 cm³/mol. The van der Waals surface area contributed by atoms with Crippen LogP contribution in [0.4, 0.5) is 0 Å². The Morgan fingerprint density at radius 2 is 2.05 bits per heavy atom. The Morgan fingerprint density at radius 3 is 2.81 bits per heavy atom. The highest BCUT2D eigenvalue weighted by Gasteiger charge is 2.20. The van der Waals surface area contributed by atoms with Gasteiger partial charge >= 0.3 is 0 Å². The normalized spacial score (nSPS) is 21.6. The van der Waals surface area contributed by atoms with Crippen molar-refractivity contribution >= 4 is 29.3 Å². The van der Waals surface area contributed by atoms with Crippen LogP contribution in [0.5, 0.6) is 0 Å². The van der Waals surface area contributed by atoms with Gasteiger partial charge in [-0.25, -0.2) is 0 Å². The summed E-state index contributed by atoms with van der Waals surface area (Å²) in [5.41, 5.74) is 2.20. The number of hydrogen-bond acceptors (Lipinski definition) is 4. The van der Waals surface area contributed by atoms with Gasteiger partial charge in [-0.1, -0.05) is 0 Å². The second-order valence-electron chi connectivity index (χ2n) is 5.31. The topological polar surface area (TPSA) is 66.9 Å². The predicted octanol–water partition coefficient (Wildman–Crippen LogP) is 1.92. The van der Waals surface area contributed by atoms with Crippen molar-refractivity contribution in [1.82, 2.24) is 20.6 Å². The fraction of sp³-hybridized carbons (Fsp3) is 0.400. The van der Waals surface area contributed by atoms with E-state index in [0.29, 0.717) is 11.6 Å². The molecule has 1 fully saturated rings. The maximum atomic E-state index is 12.3. The first-order chi connectivity index (χ1) is 9.72. The molecule has 0 bridgehead atoms. The molecule has 3 rings (SSSR count). The first kappa shape index (κ1) is 15.7. The minimum absolute atomic E-state index is 0. The minimum Gasteiger partial charge on any atom is -0.349 e. The van der Waals surface area contributed by atoms with E-state index in [1.807, 2.05) is 6.07 Å². The van der Waals surface area contributed by atoms with Crippen LogP contribution in [0.3, 0.4) is 0 Å². The molecule has 1 aromatic heterocycles. The van der Waals surface area contributed by atoms with Crippen molar-refractivity contribution in [3.05, 3.63) is 36.2 Å². The van der Waals surface area contributed by atoms with Crippen molar-refractivity contribution in [3.63, 3.8) is 0 Å². The third-order valence-electron chi connectivity index (χ3n) is 3.69. The van der Waals surface area contributed by atoms with Crippen LogP contribution in [0.2, 0.25) is 0 Å². The molecular formula is C15H19ClN4O. The van der Waals surface area contributed by atoms with E-state index in [4.69, 9.17) is 0 Å². The van der Waals surface area contributed by atoms with Gasteiger partial charge in [-0.05, 0) is 44.5 Å². The smallest absolute Gasteiger partial charge is 0.251 e. The number of carbonyl (C=O) groups is 1.